The van der Waals surface area contributed by atoms with Crippen molar-refractivity contribution in [2.24, 2.45) is 5.92 Å². The molecule has 0 amide bonds. The molecule has 5 nitrogen and oxygen atoms in total. The van der Waals surface area contributed by atoms with Gasteiger partial charge in [-0.15, -0.1) is 0 Å². The summed E-state index contributed by atoms with van der Waals surface area (Å²) in [6.07, 6.45) is 3.00. The second-order valence-corrected chi connectivity index (χ2v) is 7.36. The molecule has 1 N–H and O–H groups in total. The first-order valence-corrected chi connectivity index (χ1v) is 8.86. The van der Waals surface area contributed by atoms with Gasteiger partial charge >= 0.3 is 0 Å². The van der Waals surface area contributed by atoms with E-state index in [0.717, 1.165) is 19.3 Å². The maximum Gasteiger partial charge on any atom is 0.240 e. The van der Waals surface area contributed by atoms with Gasteiger partial charge in [0.05, 0.1) is 4.90 Å². The number of nitrogens with one attached hydrogen (secondary N) is 1. The van der Waals surface area contributed by atoms with Crippen LogP contribution >= 0.6 is 0 Å². The molecule has 0 unspecified atom stereocenters. The Kier molecular flexibility index (Phi) is 5.47. The summed E-state index contributed by atoms with van der Waals surface area (Å²) < 4.78 is 37.8. The molecule has 1 aliphatic rings. The summed E-state index contributed by atoms with van der Waals surface area (Å²) in [5.74, 6) is 1.74. The van der Waals surface area contributed by atoms with E-state index in [1.165, 1.54) is 6.07 Å². The fourth-order valence-corrected chi connectivity index (χ4v) is 3.25. The molecule has 1 aliphatic heterocycles. The Bertz CT molecular complexity index is 569. The monoisotopic (exact) mass is 313 g/mol. The van der Waals surface area contributed by atoms with Crippen molar-refractivity contribution >= 4 is 10.0 Å². The van der Waals surface area contributed by atoms with E-state index in [2.05, 4.69) is 18.6 Å². The lowest BCUT2D eigenvalue weighted by atomic mass is 10.1. The lowest BCUT2D eigenvalue weighted by Crippen LogP contribution is -2.25. The summed E-state index contributed by atoms with van der Waals surface area (Å²) in [5.41, 5.74) is 0. The Labute approximate surface area is 126 Å². The number of hydrogen-bond acceptors (Lipinski definition) is 4. The van der Waals surface area contributed by atoms with E-state index in [1.807, 2.05) is 0 Å². The van der Waals surface area contributed by atoms with E-state index in [0.29, 0.717) is 37.2 Å². The fraction of sp³-hybridized carbons (Fsp3) is 0.600. The predicted molar refractivity (Wildman–Crippen MR) is 81.3 cm³/mol. The Hall–Kier alpha value is -1.27. The third-order valence-electron chi connectivity index (χ3n) is 3.32. The van der Waals surface area contributed by atoms with E-state index in [4.69, 9.17) is 9.47 Å². The summed E-state index contributed by atoms with van der Waals surface area (Å²) in [5, 5.41) is 0. The number of benzene rings is 1. The molecule has 1 heterocycles. The third kappa shape index (κ3) is 4.61. The van der Waals surface area contributed by atoms with Crippen LogP contribution in [0.25, 0.3) is 0 Å². The quantitative estimate of drug-likeness (QED) is 0.786. The van der Waals surface area contributed by atoms with Gasteiger partial charge < -0.3 is 9.47 Å². The molecule has 0 aromatic heterocycles. The number of fused-ring (bicyclic) bond motifs is 1. The van der Waals surface area contributed by atoms with Crippen molar-refractivity contribution in [1.29, 1.82) is 0 Å². The van der Waals surface area contributed by atoms with Crippen molar-refractivity contribution in [3.63, 3.8) is 0 Å². The standard InChI is InChI=1S/C15H23NO4S/c1-12(2)5-3-4-8-16-21(17,18)13-6-7-14-15(11-13)20-10-9-19-14/h6-7,11-12,16H,3-5,8-10H2,1-2H3. The Morgan fingerprint density at radius 3 is 2.57 bits per heavy atom. The zero-order valence-corrected chi connectivity index (χ0v) is 13.4. The maximum atomic E-state index is 12.2. The van der Waals surface area contributed by atoms with E-state index >= 15 is 0 Å². The first-order chi connectivity index (χ1) is 9.99. The lowest BCUT2D eigenvalue weighted by molar-refractivity contribution is 0.171. The number of ether oxygens (including phenoxy) is 2. The number of rotatable bonds is 7. The van der Waals surface area contributed by atoms with Crippen molar-refractivity contribution in [2.45, 2.75) is 38.0 Å². The smallest absolute Gasteiger partial charge is 0.240 e. The molecule has 1 aromatic carbocycles. The molecule has 0 saturated carbocycles. The van der Waals surface area contributed by atoms with Gasteiger partial charge in [0.1, 0.15) is 13.2 Å². The molecule has 1 aromatic rings. The van der Waals surface area contributed by atoms with Gasteiger partial charge in [-0.2, -0.15) is 0 Å². The summed E-state index contributed by atoms with van der Waals surface area (Å²) >= 11 is 0. The van der Waals surface area contributed by atoms with Gasteiger partial charge in [-0.3, -0.25) is 0 Å². The lowest BCUT2D eigenvalue weighted by Gasteiger charge is -2.18. The van der Waals surface area contributed by atoms with Crippen LogP contribution in [-0.2, 0) is 10.0 Å². The zero-order chi connectivity index (χ0) is 15.3. The predicted octanol–water partition coefficient (Wildman–Crippen LogP) is 2.56. The summed E-state index contributed by atoms with van der Waals surface area (Å²) in [7, 11) is -3.48. The highest BCUT2D eigenvalue weighted by atomic mass is 32.2. The molecule has 0 saturated heterocycles. The molecule has 2 rings (SSSR count). The van der Waals surface area contributed by atoms with Crippen LogP contribution in [0.2, 0.25) is 0 Å². The van der Waals surface area contributed by atoms with E-state index < -0.39 is 10.0 Å². The van der Waals surface area contributed by atoms with Gasteiger partial charge in [0.25, 0.3) is 0 Å². The highest BCUT2D eigenvalue weighted by Crippen LogP contribution is 2.32. The van der Waals surface area contributed by atoms with Crippen LogP contribution in [0.3, 0.4) is 0 Å². The topological polar surface area (TPSA) is 64.6 Å². The van der Waals surface area contributed by atoms with Crippen molar-refractivity contribution in [2.75, 3.05) is 19.8 Å². The van der Waals surface area contributed by atoms with Crippen molar-refractivity contribution in [1.82, 2.24) is 4.72 Å². The minimum absolute atomic E-state index is 0.218. The SMILES string of the molecule is CC(C)CCCCNS(=O)(=O)c1ccc2c(c1)OCCO2. The molecule has 118 valence electrons. The average molecular weight is 313 g/mol. The van der Waals surface area contributed by atoms with Crippen LogP contribution in [0, 0.1) is 5.92 Å². The van der Waals surface area contributed by atoms with E-state index in [9.17, 15) is 8.42 Å². The zero-order valence-electron chi connectivity index (χ0n) is 12.6. The molecule has 0 aliphatic carbocycles. The molecular formula is C15H23NO4S. The van der Waals surface area contributed by atoms with Gasteiger partial charge in [-0.05, 0) is 24.5 Å². The number of sulfonamides is 1. The van der Waals surface area contributed by atoms with E-state index in [-0.39, 0.29) is 4.90 Å². The minimum atomic E-state index is -3.48. The Morgan fingerprint density at radius 1 is 1.14 bits per heavy atom. The van der Waals surface area contributed by atoms with Crippen molar-refractivity contribution in [3.05, 3.63) is 18.2 Å². The fourth-order valence-electron chi connectivity index (χ4n) is 2.16. The van der Waals surface area contributed by atoms with Crippen molar-refractivity contribution in [3.8, 4) is 11.5 Å². The van der Waals surface area contributed by atoms with Crippen LogP contribution in [0.5, 0.6) is 11.5 Å². The van der Waals surface area contributed by atoms with Crippen LogP contribution in [0.15, 0.2) is 23.1 Å². The molecule has 6 heteroatoms. The minimum Gasteiger partial charge on any atom is -0.486 e. The van der Waals surface area contributed by atoms with Crippen LogP contribution in [-0.4, -0.2) is 28.2 Å². The average Bonchev–Trinajstić information content (AvgIpc) is 2.46. The maximum absolute atomic E-state index is 12.2. The molecular weight excluding hydrogens is 290 g/mol. The van der Waals surface area contributed by atoms with Gasteiger partial charge in [0.2, 0.25) is 10.0 Å². The van der Waals surface area contributed by atoms with Crippen molar-refractivity contribution < 1.29 is 17.9 Å². The van der Waals surface area contributed by atoms with Gasteiger partial charge in [0.15, 0.2) is 11.5 Å². The molecule has 0 atom stereocenters. The second kappa shape index (κ2) is 7.13. The Morgan fingerprint density at radius 2 is 1.86 bits per heavy atom. The van der Waals surface area contributed by atoms with Gasteiger partial charge in [0, 0.05) is 12.6 Å². The molecule has 0 fully saturated rings. The van der Waals surface area contributed by atoms with E-state index in [1.54, 1.807) is 12.1 Å². The largest absolute Gasteiger partial charge is 0.486 e. The van der Waals surface area contributed by atoms with Gasteiger partial charge in [-0.25, -0.2) is 13.1 Å². The molecule has 0 radical (unpaired) electrons. The van der Waals surface area contributed by atoms with Gasteiger partial charge in [-0.1, -0.05) is 26.7 Å². The summed E-state index contributed by atoms with van der Waals surface area (Å²) in [6.45, 7) is 5.73. The molecule has 21 heavy (non-hydrogen) atoms. The van der Waals surface area contributed by atoms with Crippen LogP contribution in [0.4, 0.5) is 0 Å². The van der Waals surface area contributed by atoms with Crippen LogP contribution < -0.4 is 14.2 Å². The first kappa shape index (κ1) is 16.1. The normalized spacial score (nSPS) is 14.4. The highest BCUT2D eigenvalue weighted by molar-refractivity contribution is 7.89. The van der Waals surface area contributed by atoms with Crippen LogP contribution in [0.1, 0.15) is 33.1 Å². The highest BCUT2D eigenvalue weighted by Gasteiger charge is 2.18. The number of unbranched alkanes of at least 4 members (excludes halogenated alkanes) is 1. The molecule has 0 bridgehead atoms. The Balaban J connectivity index is 1.93. The number of hydrogen-bond donors (Lipinski definition) is 1. The first-order valence-electron chi connectivity index (χ1n) is 7.38. The molecule has 0 spiro atoms. The second-order valence-electron chi connectivity index (χ2n) is 5.59. The summed E-state index contributed by atoms with van der Waals surface area (Å²) in [4.78, 5) is 0.218. The summed E-state index contributed by atoms with van der Waals surface area (Å²) in [6, 6.07) is 4.71. The third-order valence-corrected chi connectivity index (χ3v) is 4.78.